The third kappa shape index (κ3) is 5.95. The van der Waals surface area contributed by atoms with Crippen LogP contribution in [0.25, 0.3) is 0 Å². The summed E-state index contributed by atoms with van der Waals surface area (Å²) in [4.78, 5) is 8.24. The predicted molar refractivity (Wildman–Crippen MR) is 165 cm³/mol. The fourth-order valence-electron chi connectivity index (χ4n) is 11.7. The van der Waals surface area contributed by atoms with E-state index in [1.54, 1.807) is 0 Å². The minimum Gasteiger partial charge on any atom is -0.665 e. The van der Waals surface area contributed by atoms with Crippen LogP contribution in [0, 0.1) is 53.8 Å². The first kappa shape index (κ1) is 32.2. The molecule has 16 atom stereocenters. The van der Waals surface area contributed by atoms with E-state index in [-0.39, 0.29) is 17.1 Å². The maximum atomic E-state index is 8.24. The van der Waals surface area contributed by atoms with Crippen LogP contribution in [-0.4, -0.2) is 60.9 Å². The van der Waals surface area contributed by atoms with Crippen molar-refractivity contribution in [2.45, 2.75) is 146 Å². The second kappa shape index (κ2) is 14.0. The van der Waals surface area contributed by atoms with Crippen LogP contribution < -0.4 is 42.5 Å². The summed E-state index contributed by atoms with van der Waals surface area (Å²) in [7, 11) is 0. The maximum absolute atomic E-state index is 8.24. The summed E-state index contributed by atoms with van der Waals surface area (Å²) >= 11 is 0. The number of rotatable bonds is 0. The molecule has 0 aromatic carbocycles. The van der Waals surface area contributed by atoms with Gasteiger partial charge in [0.2, 0.25) is 0 Å². The average Bonchev–Trinajstić information content (AvgIpc) is 3.77. The number of fused-ring (bicyclic) bond motifs is 20. The van der Waals surface area contributed by atoms with E-state index >= 15 is 0 Å². The fraction of sp³-hybridized carbons (Fsp3) is 0.939. The first-order valence-corrected chi connectivity index (χ1v) is 18.1. The van der Waals surface area contributed by atoms with E-state index in [1.165, 1.54) is 96.3 Å². The predicted octanol–water partition coefficient (Wildman–Crippen LogP) is 2.03. The molecule has 5 aliphatic heterocycles. The summed E-state index contributed by atoms with van der Waals surface area (Å²) in [5.74, 6) is 5.74. The Hall–Kier alpha value is -0.331. The normalized spacial score (nSPS) is 52.6. The molecule has 5 saturated heterocycles. The number of aliphatic hydroxyl groups excluding tert-OH is 1. The zero-order chi connectivity index (χ0) is 28.9. The molecule has 9 rings (SSSR count). The van der Waals surface area contributed by atoms with E-state index in [0.29, 0.717) is 67.6 Å². The quantitative estimate of drug-likeness (QED) is 0.142. The Bertz CT molecular complexity index is 772. The van der Waals surface area contributed by atoms with Gasteiger partial charge in [-0.3, -0.25) is 42.5 Å². The van der Waals surface area contributed by atoms with Crippen molar-refractivity contribution in [3.63, 3.8) is 0 Å². The molecule has 16 unspecified atom stereocenters. The molecule has 248 valence electrons. The van der Waals surface area contributed by atoms with Gasteiger partial charge in [-0.05, 0) is 80.0 Å². The van der Waals surface area contributed by atoms with Gasteiger partial charge in [-0.2, -0.15) is 6.42 Å². The minimum absolute atomic E-state index is 0. The summed E-state index contributed by atoms with van der Waals surface area (Å²) in [5, 5.41) is 40.4. The second-order valence-electron chi connectivity index (χ2n) is 15.5. The van der Waals surface area contributed by atoms with Gasteiger partial charge in [0, 0.05) is 6.17 Å². The van der Waals surface area contributed by atoms with Crippen LogP contribution in [0.1, 0.15) is 96.3 Å². The molecule has 9 N–H and O–H groups in total. The average molecular weight is 653 g/mol. The largest absolute Gasteiger partial charge is 2.00 e. The van der Waals surface area contributed by atoms with Crippen molar-refractivity contribution in [2.75, 3.05) is 0 Å². The smallest absolute Gasteiger partial charge is 0.665 e. The van der Waals surface area contributed by atoms with Gasteiger partial charge in [0.15, 0.2) is 0 Å². The van der Waals surface area contributed by atoms with Gasteiger partial charge in [-0.15, -0.1) is 5.92 Å². The SMILES string of the molecule is O=[C-]O.[CH-]1CCCC2C3NC(NC4NC(NC5NC(NC6NC(N3)C3CCCCC63)C3CCCCC53)C3CCCCC43)C12.[Fe+2]. The summed E-state index contributed by atoms with van der Waals surface area (Å²) in [6.07, 6.45) is 26.4. The van der Waals surface area contributed by atoms with Crippen molar-refractivity contribution < 1.29 is 27.0 Å². The third-order valence-electron chi connectivity index (χ3n) is 13.6. The van der Waals surface area contributed by atoms with Crippen LogP contribution in [0.2, 0.25) is 0 Å². The van der Waals surface area contributed by atoms with E-state index in [1.807, 2.05) is 0 Å². The summed E-state index contributed by atoms with van der Waals surface area (Å²) in [6, 6.07) is 0. The molecule has 10 nitrogen and oxygen atoms in total. The molecular formula is C33H56FeN8O2. The Kier molecular flexibility index (Phi) is 10.3. The fourth-order valence-corrected chi connectivity index (χ4v) is 11.7. The van der Waals surface area contributed by atoms with Crippen molar-refractivity contribution in [3.05, 3.63) is 6.42 Å². The third-order valence-corrected chi connectivity index (χ3v) is 13.6. The Morgan fingerprint density at radius 2 is 0.682 bits per heavy atom. The standard InChI is InChI=1S/C32H55N8.CHO2.Fe/c1-2-10-18-17(9-1)25-33-26(18)38-28-21-13-5-6-14-22(21)30(35-28)40-32-24-16-8-7-15-23(24)31(36-32)39-29-20-12-4-3-11-19(20)27(34-29)37-25;2-1-3;/h9,17-40H,1-8,10-16H2;(H,2,3);/q2*-1;+2. The Balaban J connectivity index is 0.000000753. The van der Waals surface area contributed by atoms with Crippen LogP contribution in [0.15, 0.2) is 0 Å². The minimum atomic E-state index is 0. The van der Waals surface area contributed by atoms with Crippen LogP contribution in [-0.2, 0) is 21.9 Å². The topological polar surface area (TPSA) is 134 Å². The summed E-state index contributed by atoms with van der Waals surface area (Å²) in [6.45, 7) is 0.500. The van der Waals surface area contributed by atoms with Gasteiger partial charge < -0.3 is 16.3 Å². The van der Waals surface area contributed by atoms with Crippen molar-refractivity contribution in [1.29, 1.82) is 0 Å². The molecule has 4 saturated carbocycles. The van der Waals surface area contributed by atoms with E-state index < -0.39 is 0 Å². The van der Waals surface area contributed by atoms with Crippen LogP contribution in [0.5, 0.6) is 0 Å². The molecule has 4 aliphatic carbocycles. The first-order chi connectivity index (χ1) is 21.2. The Morgan fingerprint density at radius 3 is 1.00 bits per heavy atom. The summed E-state index contributed by atoms with van der Waals surface area (Å²) < 4.78 is 0. The Labute approximate surface area is 274 Å². The van der Waals surface area contributed by atoms with Crippen molar-refractivity contribution in [3.8, 4) is 0 Å². The second-order valence-corrected chi connectivity index (χ2v) is 15.5. The van der Waals surface area contributed by atoms with Crippen LogP contribution in [0.4, 0.5) is 0 Å². The van der Waals surface area contributed by atoms with Crippen molar-refractivity contribution in [2.24, 2.45) is 47.3 Å². The van der Waals surface area contributed by atoms with Gasteiger partial charge in [0.25, 0.3) is 0 Å². The molecule has 0 spiro atoms. The molecule has 44 heavy (non-hydrogen) atoms. The van der Waals surface area contributed by atoms with Gasteiger partial charge in [-0.25, -0.2) is 0 Å². The van der Waals surface area contributed by atoms with Gasteiger partial charge in [0.05, 0.1) is 43.2 Å². The van der Waals surface area contributed by atoms with Crippen molar-refractivity contribution in [1.82, 2.24) is 42.5 Å². The van der Waals surface area contributed by atoms with Crippen LogP contribution in [0.3, 0.4) is 0 Å². The van der Waals surface area contributed by atoms with E-state index in [2.05, 4.69) is 49.0 Å². The van der Waals surface area contributed by atoms with E-state index in [9.17, 15) is 0 Å². The summed E-state index contributed by atoms with van der Waals surface area (Å²) in [5.41, 5.74) is 0. The zero-order valence-corrected chi connectivity index (χ0v) is 27.2. The molecular weight excluding hydrogens is 596 g/mol. The molecule has 11 heteroatoms. The molecule has 8 bridgehead atoms. The van der Waals surface area contributed by atoms with Gasteiger partial charge in [0.1, 0.15) is 0 Å². The molecule has 0 radical (unpaired) electrons. The monoisotopic (exact) mass is 652 g/mol. The maximum Gasteiger partial charge on any atom is 2.00 e. The van der Waals surface area contributed by atoms with Gasteiger partial charge >= 0.3 is 17.1 Å². The van der Waals surface area contributed by atoms with E-state index in [4.69, 9.17) is 9.90 Å². The molecule has 9 aliphatic rings. The first-order valence-electron chi connectivity index (χ1n) is 18.1. The molecule has 0 amide bonds. The molecule has 5 heterocycles. The number of hydrogen-bond acceptors (Lipinski definition) is 9. The van der Waals surface area contributed by atoms with Crippen LogP contribution >= 0.6 is 0 Å². The molecule has 0 aromatic rings. The number of hydrogen-bond donors (Lipinski definition) is 9. The Morgan fingerprint density at radius 1 is 0.432 bits per heavy atom. The molecule has 9 fully saturated rings. The van der Waals surface area contributed by atoms with Crippen molar-refractivity contribution >= 4 is 6.47 Å². The molecule has 0 aromatic heterocycles. The van der Waals surface area contributed by atoms with Gasteiger partial charge in [-0.1, -0.05) is 57.8 Å². The zero-order valence-electron chi connectivity index (χ0n) is 26.1. The van der Waals surface area contributed by atoms with E-state index in [0.717, 1.165) is 35.5 Å². The number of nitrogens with one attached hydrogen (secondary N) is 8.